The van der Waals surface area contributed by atoms with Crippen LogP contribution in [0.2, 0.25) is 5.02 Å². The summed E-state index contributed by atoms with van der Waals surface area (Å²) in [5.41, 5.74) is 3.81. The molecule has 0 aromatic heterocycles. The van der Waals surface area contributed by atoms with Crippen molar-refractivity contribution in [2.45, 2.75) is 75.4 Å². The summed E-state index contributed by atoms with van der Waals surface area (Å²) in [6, 6.07) is 11.9. The number of methoxy groups -OCH3 is 2. The Labute approximate surface area is 266 Å². The highest BCUT2D eigenvalue weighted by Gasteiger charge is 2.46. The summed E-state index contributed by atoms with van der Waals surface area (Å²) in [4.78, 5) is 15.0. The van der Waals surface area contributed by atoms with Crippen molar-refractivity contribution in [1.82, 2.24) is 0 Å². The molecule has 2 fully saturated rings. The maximum atomic E-state index is 12.6. The molecule has 2 aromatic rings. The minimum absolute atomic E-state index is 0.0373. The van der Waals surface area contributed by atoms with E-state index in [9.17, 15) is 13.2 Å². The van der Waals surface area contributed by atoms with Crippen LogP contribution in [0.3, 0.4) is 0 Å². The highest BCUT2D eigenvalue weighted by atomic mass is 35.5. The molecule has 0 N–H and O–H groups in total. The first kappa shape index (κ1) is 31.6. The molecular formula is C34H44ClNO7S. The maximum absolute atomic E-state index is 12.6. The second kappa shape index (κ2) is 12.8. The second-order valence-corrected chi connectivity index (χ2v) is 15.4. The number of ether oxygens (including phenoxy) is 3. The smallest absolute Gasteiger partial charge is 0.337 e. The van der Waals surface area contributed by atoms with Crippen LogP contribution in [0.4, 0.5) is 5.69 Å². The SMILES string of the molecule is COC(=O)c1ccc2c(c1)N(C[C@@H]1CC[C@H]1C(OC)[C@@H]1CCC[C@H](OS(C)(=O)=O)C1)C[C@@]1(CCCc3cc(Cl)ccc31)CO2. The van der Waals surface area contributed by atoms with E-state index in [2.05, 4.69) is 17.0 Å². The normalized spacial score (nSPS) is 29.0. The average molecular weight is 646 g/mol. The topological polar surface area (TPSA) is 91.4 Å². The third-order valence-electron chi connectivity index (χ3n) is 10.5. The molecule has 8 nitrogen and oxygen atoms in total. The summed E-state index contributed by atoms with van der Waals surface area (Å²) < 4.78 is 47.0. The van der Waals surface area contributed by atoms with Gasteiger partial charge in [-0.3, -0.25) is 4.18 Å². The van der Waals surface area contributed by atoms with Crippen LogP contribution in [0.25, 0.3) is 0 Å². The molecule has 2 aromatic carbocycles. The summed E-state index contributed by atoms with van der Waals surface area (Å²) in [5, 5.41) is 0.757. The van der Waals surface area contributed by atoms with Gasteiger partial charge in [0.05, 0.1) is 43.4 Å². The van der Waals surface area contributed by atoms with Crippen molar-refractivity contribution in [1.29, 1.82) is 0 Å². The van der Waals surface area contributed by atoms with Crippen molar-refractivity contribution >= 4 is 33.4 Å². The number of rotatable bonds is 8. The number of aryl methyl sites for hydroxylation is 1. The molecule has 0 bridgehead atoms. The van der Waals surface area contributed by atoms with Crippen LogP contribution in [-0.4, -0.2) is 66.8 Å². The van der Waals surface area contributed by atoms with E-state index in [1.807, 2.05) is 18.2 Å². The number of benzene rings is 2. The van der Waals surface area contributed by atoms with Crippen LogP contribution in [0.15, 0.2) is 36.4 Å². The Morgan fingerprint density at radius 1 is 1.11 bits per heavy atom. The number of carbonyl (C=O) groups excluding carboxylic acids is 1. The van der Waals surface area contributed by atoms with Crippen molar-refractivity contribution in [3.8, 4) is 5.75 Å². The third kappa shape index (κ3) is 6.48. The Hall–Kier alpha value is -2.33. The number of esters is 1. The molecule has 1 heterocycles. The highest BCUT2D eigenvalue weighted by Crippen LogP contribution is 2.48. The summed E-state index contributed by atoms with van der Waals surface area (Å²) in [6.07, 6.45) is 9.51. The molecular weight excluding hydrogens is 602 g/mol. The average Bonchev–Trinajstić information content (AvgIpc) is 3.13. The summed E-state index contributed by atoms with van der Waals surface area (Å²) in [6.45, 7) is 2.14. The highest BCUT2D eigenvalue weighted by molar-refractivity contribution is 7.86. The third-order valence-corrected chi connectivity index (χ3v) is 11.4. The predicted octanol–water partition coefficient (Wildman–Crippen LogP) is 6.18. The van der Waals surface area contributed by atoms with E-state index < -0.39 is 10.1 Å². The van der Waals surface area contributed by atoms with Crippen LogP contribution < -0.4 is 9.64 Å². The van der Waals surface area contributed by atoms with Gasteiger partial charge in [-0.25, -0.2) is 4.79 Å². The molecule has 0 saturated heterocycles. The lowest BCUT2D eigenvalue weighted by atomic mass is 9.65. The van der Waals surface area contributed by atoms with Crippen LogP contribution in [-0.2, 0) is 35.6 Å². The fourth-order valence-corrected chi connectivity index (χ4v) is 9.29. The molecule has 1 spiro atoms. The quantitative estimate of drug-likeness (QED) is 0.249. The zero-order valence-corrected chi connectivity index (χ0v) is 27.5. The van der Waals surface area contributed by atoms with Gasteiger partial charge < -0.3 is 19.1 Å². The molecule has 0 amide bonds. The number of halogens is 1. The maximum Gasteiger partial charge on any atom is 0.337 e. The molecule has 4 aliphatic rings. The number of nitrogens with zero attached hydrogens (tertiary/aromatic N) is 1. The lowest BCUT2D eigenvalue weighted by Crippen LogP contribution is -2.51. The Balaban J connectivity index is 1.29. The van der Waals surface area contributed by atoms with E-state index in [1.165, 1.54) is 18.2 Å². The first-order valence-corrected chi connectivity index (χ1v) is 18.1. The zero-order chi connectivity index (χ0) is 31.1. The number of hydrogen-bond acceptors (Lipinski definition) is 8. The summed E-state index contributed by atoms with van der Waals surface area (Å²) in [7, 11) is -0.308. The van der Waals surface area contributed by atoms with Gasteiger partial charge in [-0.05, 0) is 111 Å². The molecule has 3 aliphatic carbocycles. The van der Waals surface area contributed by atoms with E-state index in [4.69, 9.17) is 30.0 Å². The van der Waals surface area contributed by atoms with Gasteiger partial charge in [-0.1, -0.05) is 24.1 Å². The molecule has 6 atom stereocenters. The number of anilines is 1. The van der Waals surface area contributed by atoms with Crippen molar-refractivity contribution in [2.75, 3.05) is 45.1 Å². The minimum atomic E-state index is -3.50. The standard InChI is InChI=1S/C34H44ClNO7S/c1-40-32(23-6-4-8-27(17-23)43-44(3,38)39)28-12-9-25(28)19-36-20-34(15-5-7-22-16-26(35)11-13-29(22)34)21-42-31-14-10-24(18-30(31)36)33(37)41-2/h10-11,13-14,16,18,23,25,27-28,32H,4-9,12,15,17,19-21H2,1-3H3/t23-,25+,27+,28-,32?,34+/m1/s1. The number of carbonyl (C=O) groups is 1. The molecule has 1 unspecified atom stereocenters. The fourth-order valence-electron chi connectivity index (χ4n) is 8.43. The minimum Gasteiger partial charge on any atom is -0.490 e. The van der Waals surface area contributed by atoms with Gasteiger partial charge in [0, 0.05) is 30.6 Å². The lowest BCUT2D eigenvalue weighted by Gasteiger charge is -2.48. The Bertz CT molecular complexity index is 1480. The fraction of sp³-hybridized carbons (Fsp3) is 0.618. The van der Waals surface area contributed by atoms with Gasteiger partial charge in [0.15, 0.2) is 0 Å². The van der Waals surface area contributed by atoms with E-state index in [-0.39, 0.29) is 29.5 Å². The molecule has 240 valence electrons. The first-order valence-electron chi connectivity index (χ1n) is 15.9. The number of hydrogen-bond donors (Lipinski definition) is 0. The molecule has 1 aliphatic heterocycles. The summed E-state index contributed by atoms with van der Waals surface area (Å²) in [5.74, 6) is 1.40. The van der Waals surface area contributed by atoms with E-state index in [0.717, 1.165) is 87.2 Å². The van der Waals surface area contributed by atoms with Gasteiger partial charge in [-0.2, -0.15) is 8.42 Å². The Kier molecular flexibility index (Phi) is 9.22. The van der Waals surface area contributed by atoms with Crippen molar-refractivity contribution in [2.24, 2.45) is 17.8 Å². The zero-order valence-electron chi connectivity index (χ0n) is 25.9. The van der Waals surface area contributed by atoms with Crippen molar-refractivity contribution in [3.63, 3.8) is 0 Å². The summed E-state index contributed by atoms with van der Waals surface area (Å²) >= 11 is 6.42. The van der Waals surface area contributed by atoms with Crippen molar-refractivity contribution < 1.29 is 31.6 Å². The van der Waals surface area contributed by atoms with Crippen LogP contribution in [0, 0.1) is 17.8 Å². The van der Waals surface area contributed by atoms with E-state index >= 15 is 0 Å². The van der Waals surface area contributed by atoms with Gasteiger partial charge in [0.2, 0.25) is 0 Å². The Morgan fingerprint density at radius 3 is 2.68 bits per heavy atom. The first-order chi connectivity index (χ1) is 21.1. The van der Waals surface area contributed by atoms with E-state index in [0.29, 0.717) is 30.4 Å². The molecule has 10 heteroatoms. The monoisotopic (exact) mass is 645 g/mol. The van der Waals surface area contributed by atoms with Gasteiger partial charge >= 0.3 is 5.97 Å². The van der Waals surface area contributed by atoms with Gasteiger partial charge in [0.25, 0.3) is 10.1 Å². The van der Waals surface area contributed by atoms with Crippen LogP contribution in [0.1, 0.15) is 72.9 Å². The van der Waals surface area contributed by atoms with Gasteiger partial charge in [-0.15, -0.1) is 0 Å². The Morgan fingerprint density at radius 2 is 1.95 bits per heavy atom. The molecule has 0 radical (unpaired) electrons. The van der Waals surface area contributed by atoms with Crippen molar-refractivity contribution in [3.05, 3.63) is 58.1 Å². The molecule has 2 saturated carbocycles. The second-order valence-electron chi connectivity index (χ2n) is 13.3. The van der Waals surface area contributed by atoms with E-state index in [1.54, 1.807) is 13.2 Å². The van der Waals surface area contributed by atoms with Crippen LogP contribution >= 0.6 is 11.6 Å². The number of fused-ring (bicyclic) bond motifs is 3. The van der Waals surface area contributed by atoms with Crippen LogP contribution in [0.5, 0.6) is 5.75 Å². The van der Waals surface area contributed by atoms with Gasteiger partial charge in [0.1, 0.15) is 5.75 Å². The molecule has 44 heavy (non-hydrogen) atoms. The lowest BCUT2D eigenvalue weighted by molar-refractivity contribution is -0.0693. The largest absolute Gasteiger partial charge is 0.490 e. The predicted molar refractivity (Wildman–Crippen MR) is 170 cm³/mol. The molecule has 6 rings (SSSR count).